The van der Waals surface area contributed by atoms with Crippen molar-refractivity contribution in [1.82, 2.24) is 0 Å². The minimum Gasteiger partial charge on any atom is -0.756 e. The van der Waals surface area contributed by atoms with E-state index in [0.717, 1.165) is 44.9 Å². The molecule has 2 atom stereocenters. The third-order valence-electron chi connectivity index (χ3n) is 11.8. The Morgan fingerprint density at radius 2 is 0.823 bits per heavy atom. The predicted octanol–water partition coefficient (Wildman–Crippen LogP) is 15.1. The van der Waals surface area contributed by atoms with Gasteiger partial charge in [0.2, 0.25) is 0 Å². The van der Waals surface area contributed by atoms with Crippen LogP contribution in [-0.2, 0) is 32.7 Å². The highest BCUT2D eigenvalue weighted by Gasteiger charge is 2.21. The fourth-order valence-electron chi connectivity index (χ4n) is 7.65. The quantitative estimate of drug-likeness (QED) is 0.0195. The standard InChI is InChI=1S/C52H102NO8P/c1-6-8-10-12-14-16-18-20-22-24-26-27-29-30-32-34-36-38-40-42-44-51(54)58-48-50(49-60-62(56,57)59-47-46-53(3,4)5)61-52(55)45-43-41-39-37-35-33-31-28-25-23-21-19-17-15-13-11-9-7-2/h23,25,50H,6-22,24,26-49H2,1-5H3/b25-23-. The lowest BCUT2D eigenvalue weighted by atomic mass is 10.0. The number of esters is 2. The second kappa shape index (κ2) is 44.9. The minimum absolute atomic E-state index is 0.0282. The molecular weight excluding hydrogens is 798 g/mol. The molecule has 0 aromatic carbocycles. The zero-order chi connectivity index (χ0) is 45.7. The van der Waals surface area contributed by atoms with Gasteiger partial charge in [0.25, 0.3) is 7.82 Å². The molecule has 0 aliphatic rings. The Morgan fingerprint density at radius 1 is 0.484 bits per heavy atom. The number of phosphoric ester groups is 1. The minimum atomic E-state index is -4.63. The number of hydrogen-bond donors (Lipinski definition) is 0. The Morgan fingerprint density at radius 3 is 1.19 bits per heavy atom. The van der Waals surface area contributed by atoms with Gasteiger partial charge in [-0.15, -0.1) is 0 Å². The van der Waals surface area contributed by atoms with Gasteiger partial charge in [0.15, 0.2) is 6.10 Å². The molecule has 368 valence electrons. The first-order valence-corrected chi connectivity index (χ1v) is 27.9. The number of unbranched alkanes of at least 4 members (excludes halogenated alkanes) is 33. The largest absolute Gasteiger partial charge is 0.756 e. The Balaban J connectivity index is 4.20. The summed E-state index contributed by atoms with van der Waals surface area (Å²) < 4.78 is 34.1. The van der Waals surface area contributed by atoms with E-state index in [1.165, 1.54) is 180 Å². The van der Waals surface area contributed by atoms with Crippen LogP contribution in [0.15, 0.2) is 12.2 Å². The van der Waals surface area contributed by atoms with E-state index in [-0.39, 0.29) is 32.0 Å². The highest BCUT2D eigenvalue weighted by atomic mass is 31.2. The molecule has 0 saturated heterocycles. The summed E-state index contributed by atoms with van der Waals surface area (Å²) in [5.41, 5.74) is 0. The van der Waals surface area contributed by atoms with E-state index in [9.17, 15) is 19.0 Å². The molecule has 0 amide bonds. The molecule has 0 aliphatic heterocycles. The first kappa shape index (κ1) is 60.8. The van der Waals surface area contributed by atoms with Crippen molar-refractivity contribution in [3.05, 3.63) is 12.2 Å². The van der Waals surface area contributed by atoms with Gasteiger partial charge in [-0.3, -0.25) is 14.2 Å². The molecule has 0 saturated carbocycles. The van der Waals surface area contributed by atoms with Crippen molar-refractivity contribution in [3.63, 3.8) is 0 Å². The number of carbonyl (C=O) groups is 2. The number of nitrogens with zero attached hydrogens (tertiary/aromatic N) is 1. The molecule has 0 aliphatic carbocycles. The van der Waals surface area contributed by atoms with Gasteiger partial charge in [0.05, 0.1) is 27.7 Å². The van der Waals surface area contributed by atoms with Crippen LogP contribution >= 0.6 is 7.82 Å². The zero-order valence-corrected chi connectivity index (χ0v) is 42.5. The van der Waals surface area contributed by atoms with Gasteiger partial charge in [0.1, 0.15) is 19.8 Å². The Labute approximate surface area is 384 Å². The molecule has 0 spiro atoms. The third kappa shape index (κ3) is 48.2. The highest BCUT2D eigenvalue weighted by molar-refractivity contribution is 7.45. The zero-order valence-electron chi connectivity index (χ0n) is 41.6. The van der Waals surface area contributed by atoms with Crippen molar-refractivity contribution < 1.29 is 42.1 Å². The van der Waals surface area contributed by atoms with Crippen molar-refractivity contribution in [2.75, 3.05) is 47.5 Å². The molecule has 0 heterocycles. The van der Waals surface area contributed by atoms with E-state index >= 15 is 0 Å². The van der Waals surface area contributed by atoms with E-state index in [2.05, 4.69) is 26.0 Å². The molecule has 0 aromatic rings. The van der Waals surface area contributed by atoms with Crippen LogP contribution in [0.3, 0.4) is 0 Å². The second-order valence-corrected chi connectivity index (χ2v) is 20.7. The molecule has 0 fully saturated rings. The van der Waals surface area contributed by atoms with E-state index in [4.69, 9.17) is 18.5 Å². The lowest BCUT2D eigenvalue weighted by molar-refractivity contribution is -0.870. The SMILES string of the molecule is CCCCCCCCC/C=C\CCCCCCCCCC(=O)OC(COC(=O)CCCCCCCCCCCCCCCCCCCCCC)COP(=O)([O-])OCC[N+](C)(C)C. The van der Waals surface area contributed by atoms with Crippen molar-refractivity contribution in [2.45, 2.75) is 264 Å². The predicted molar refractivity (Wildman–Crippen MR) is 259 cm³/mol. The molecule has 0 bridgehead atoms. The summed E-state index contributed by atoms with van der Waals surface area (Å²) >= 11 is 0. The fourth-order valence-corrected chi connectivity index (χ4v) is 8.38. The number of carbonyl (C=O) groups excluding carboxylic acids is 2. The van der Waals surface area contributed by atoms with Crippen LogP contribution in [0, 0.1) is 0 Å². The molecule has 10 heteroatoms. The van der Waals surface area contributed by atoms with Crippen LogP contribution in [0.2, 0.25) is 0 Å². The lowest BCUT2D eigenvalue weighted by Gasteiger charge is -2.28. The third-order valence-corrected chi connectivity index (χ3v) is 12.7. The van der Waals surface area contributed by atoms with Gasteiger partial charge in [-0.25, -0.2) is 0 Å². The van der Waals surface area contributed by atoms with Crippen molar-refractivity contribution in [1.29, 1.82) is 0 Å². The molecule has 0 rings (SSSR count). The Hall–Kier alpha value is -1.25. The summed E-state index contributed by atoms with van der Waals surface area (Å²) in [6.07, 6.45) is 49.5. The second-order valence-electron chi connectivity index (χ2n) is 19.2. The van der Waals surface area contributed by atoms with Gasteiger partial charge in [-0.1, -0.05) is 219 Å². The van der Waals surface area contributed by atoms with E-state index in [1.807, 2.05) is 21.1 Å². The van der Waals surface area contributed by atoms with Crippen LogP contribution in [0.1, 0.15) is 258 Å². The number of likely N-dealkylation sites (N-methyl/N-ethyl adjacent to an activating group) is 1. The fraction of sp³-hybridized carbons (Fsp3) is 0.923. The van der Waals surface area contributed by atoms with Gasteiger partial charge in [-0.2, -0.15) is 0 Å². The monoisotopic (exact) mass is 900 g/mol. The number of phosphoric acid groups is 1. The van der Waals surface area contributed by atoms with Crippen LogP contribution in [0.25, 0.3) is 0 Å². The first-order chi connectivity index (χ1) is 30.0. The Bertz CT molecular complexity index is 1060. The smallest absolute Gasteiger partial charge is 0.306 e. The normalized spacial score (nSPS) is 13.5. The molecule has 0 N–H and O–H groups in total. The average molecular weight is 900 g/mol. The maximum atomic E-state index is 12.7. The van der Waals surface area contributed by atoms with Crippen molar-refractivity contribution >= 4 is 19.8 Å². The molecule has 0 radical (unpaired) electrons. The molecule has 62 heavy (non-hydrogen) atoms. The maximum absolute atomic E-state index is 12.7. The van der Waals surface area contributed by atoms with Crippen LogP contribution in [0.5, 0.6) is 0 Å². The summed E-state index contributed by atoms with van der Waals surface area (Å²) in [5.74, 6) is -0.823. The van der Waals surface area contributed by atoms with Crippen LogP contribution < -0.4 is 4.89 Å². The number of quaternary nitrogens is 1. The summed E-state index contributed by atoms with van der Waals surface area (Å²) in [5, 5.41) is 0. The molecular formula is C52H102NO8P. The number of allylic oxidation sites excluding steroid dienone is 2. The number of hydrogen-bond acceptors (Lipinski definition) is 8. The summed E-state index contributed by atoms with van der Waals surface area (Å²) in [4.78, 5) is 37.7. The maximum Gasteiger partial charge on any atom is 0.306 e. The molecule has 0 aromatic heterocycles. The molecule has 9 nitrogen and oxygen atoms in total. The van der Waals surface area contributed by atoms with Crippen molar-refractivity contribution in [2.24, 2.45) is 0 Å². The molecule has 2 unspecified atom stereocenters. The summed E-state index contributed by atoms with van der Waals surface area (Å²) in [6, 6.07) is 0. The summed E-state index contributed by atoms with van der Waals surface area (Å²) in [7, 11) is 1.18. The number of rotatable bonds is 49. The van der Waals surface area contributed by atoms with Crippen LogP contribution in [-0.4, -0.2) is 70.0 Å². The first-order valence-electron chi connectivity index (χ1n) is 26.4. The van der Waals surface area contributed by atoms with Gasteiger partial charge < -0.3 is 27.9 Å². The van der Waals surface area contributed by atoms with Gasteiger partial charge in [0, 0.05) is 12.8 Å². The summed E-state index contributed by atoms with van der Waals surface area (Å²) in [6.45, 7) is 4.28. The highest BCUT2D eigenvalue weighted by Crippen LogP contribution is 2.38. The van der Waals surface area contributed by atoms with E-state index < -0.39 is 26.5 Å². The van der Waals surface area contributed by atoms with E-state index in [1.54, 1.807) is 0 Å². The number of ether oxygens (including phenoxy) is 2. The average Bonchev–Trinajstić information content (AvgIpc) is 3.23. The Kier molecular flexibility index (Phi) is 44.0. The van der Waals surface area contributed by atoms with Gasteiger partial charge >= 0.3 is 11.9 Å². The van der Waals surface area contributed by atoms with Gasteiger partial charge in [-0.05, 0) is 38.5 Å². The van der Waals surface area contributed by atoms with E-state index in [0.29, 0.717) is 17.4 Å². The van der Waals surface area contributed by atoms with Crippen LogP contribution in [0.4, 0.5) is 0 Å². The van der Waals surface area contributed by atoms with Crippen molar-refractivity contribution in [3.8, 4) is 0 Å². The topological polar surface area (TPSA) is 111 Å². The lowest BCUT2D eigenvalue weighted by Crippen LogP contribution is -2.37.